The number of halogens is 1. The summed E-state index contributed by atoms with van der Waals surface area (Å²) in [6.07, 6.45) is 0. The Morgan fingerprint density at radius 1 is 1.33 bits per heavy atom. The molecule has 2 unspecified atom stereocenters. The maximum Gasteiger partial charge on any atom is 0.146 e. The highest BCUT2D eigenvalue weighted by Gasteiger charge is 2.53. The highest BCUT2D eigenvalue weighted by molar-refractivity contribution is 5.47. The fourth-order valence-corrected chi connectivity index (χ4v) is 2.92. The van der Waals surface area contributed by atoms with Crippen molar-refractivity contribution in [3.8, 4) is 0 Å². The van der Waals surface area contributed by atoms with E-state index in [0.29, 0.717) is 17.5 Å². The summed E-state index contributed by atoms with van der Waals surface area (Å²) in [6, 6.07) is 5.51. The number of ether oxygens (including phenoxy) is 1. The van der Waals surface area contributed by atoms with Crippen molar-refractivity contribution in [1.29, 1.82) is 0 Å². The first-order chi connectivity index (χ1) is 8.66. The largest absolute Gasteiger partial charge is 0.382 e. The standard InChI is InChI=1S/C15H20FNO/c1-9(2)10-3-4-15(14(16)5-10)17-6-11-12-7-18-8-13(11)12/h3-5,9,11-13,17H,6-8H2,1-2H3. The summed E-state index contributed by atoms with van der Waals surface area (Å²) in [6.45, 7) is 6.81. The second-order valence-electron chi connectivity index (χ2n) is 5.80. The molecule has 1 aromatic carbocycles. The Hall–Kier alpha value is -1.09. The van der Waals surface area contributed by atoms with Gasteiger partial charge in [-0.15, -0.1) is 0 Å². The fourth-order valence-electron chi connectivity index (χ4n) is 2.92. The minimum atomic E-state index is -0.136. The van der Waals surface area contributed by atoms with E-state index in [1.54, 1.807) is 6.07 Å². The molecule has 1 aromatic rings. The maximum atomic E-state index is 13.9. The highest BCUT2D eigenvalue weighted by Crippen LogP contribution is 2.50. The summed E-state index contributed by atoms with van der Waals surface area (Å²) < 4.78 is 19.2. The van der Waals surface area contributed by atoms with Gasteiger partial charge < -0.3 is 10.1 Å². The topological polar surface area (TPSA) is 21.3 Å². The normalized spacial score (nSPS) is 29.4. The Kier molecular flexibility index (Phi) is 3.02. The van der Waals surface area contributed by atoms with E-state index in [9.17, 15) is 4.39 Å². The summed E-state index contributed by atoms with van der Waals surface area (Å²) >= 11 is 0. The third-order valence-corrected chi connectivity index (χ3v) is 4.32. The molecule has 3 heteroatoms. The summed E-state index contributed by atoms with van der Waals surface area (Å²) in [5.74, 6) is 2.35. The lowest BCUT2D eigenvalue weighted by Gasteiger charge is -2.11. The molecule has 0 spiro atoms. The average molecular weight is 249 g/mol. The van der Waals surface area contributed by atoms with Crippen molar-refractivity contribution in [2.45, 2.75) is 19.8 Å². The van der Waals surface area contributed by atoms with Crippen LogP contribution >= 0.6 is 0 Å². The van der Waals surface area contributed by atoms with Gasteiger partial charge in [-0.2, -0.15) is 0 Å². The van der Waals surface area contributed by atoms with E-state index in [0.717, 1.165) is 37.2 Å². The fraction of sp³-hybridized carbons (Fsp3) is 0.600. The zero-order chi connectivity index (χ0) is 12.7. The van der Waals surface area contributed by atoms with E-state index in [1.807, 2.05) is 12.1 Å². The van der Waals surface area contributed by atoms with Crippen molar-refractivity contribution in [3.63, 3.8) is 0 Å². The second kappa shape index (κ2) is 4.54. The molecule has 0 aromatic heterocycles. The van der Waals surface area contributed by atoms with Gasteiger partial charge in [-0.1, -0.05) is 19.9 Å². The van der Waals surface area contributed by atoms with Crippen molar-refractivity contribution in [1.82, 2.24) is 0 Å². The lowest BCUT2D eigenvalue weighted by molar-refractivity contribution is 0.153. The molecule has 1 aliphatic carbocycles. The summed E-state index contributed by atoms with van der Waals surface area (Å²) in [5, 5.41) is 3.24. The van der Waals surface area contributed by atoms with Crippen LogP contribution in [0.2, 0.25) is 0 Å². The van der Waals surface area contributed by atoms with Crippen molar-refractivity contribution >= 4 is 5.69 Å². The van der Waals surface area contributed by atoms with Gasteiger partial charge in [0.25, 0.3) is 0 Å². The predicted octanol–water partition coefficient (Wildman–Crippen LogP) is 3.25. The van der Waals surface area contributed by atoms with E-state index in [-0.39, 0.29) is 5.82 Å². The van der Waals surface area contributed by atoms with Crippen molar-refractivity contribution in [2.75, 3.05) is 25.1 Å². The number of benzene rings is 1. The highest BCUT2D eigenvalue weighted by atomic mass is 19.1. The smallest absolute Gasteiger partial charge is 0.146 e. The Morgan fingerprint density at radius 2 is 2.06 bits per heavy atom. The number of rotatable bonds is 4. The molecule has 1 saturated heterocycles. The van der Waals surface area contributed by atoms with E-state index < -0.39 is 0 Å². The van der Waals surface area contributed by atoms with E-state index in [4.69, 9.17) is 4.74 Å². The molecule has 98 valence electrons. The van der Waals surface area contributed by atoms with Gasteiger partial charge in [-0.25, -0.2) is 4.39 Å². The lowest BCUT2D eigenvalue weighted by atomic mass is 10.0. The zero-order valence-corrected chi connectivity index (χ0v) is 10.9. The number of anilines is 1. The molecule has 1 saturated carbocycles. The molecular weight excluding hydrogens is 229 g/mol. The molecule has 1 N–H and O–H groups in total. The van der Waals surface area contributed by atoms with Gasteiger partial charge in [0.05, 0.1) is 18.9 Å². The molecule has 1 heterocycles. The Bertz CT molecular complexity index is 436. The van der Waals surface area contributed by atoms with Crippen LogP contribution in [0.15, 0.2) is 18.2 Å². The van der Waals surface area contributed by atoms with Crippen LogP contribution in [-0.2, 0) is 4.74 Å². The Labute approximate surface area is 108 Å². The molecule has 0 radical (unpaired) electrons. The molecule has 2 nitrogen and oxygen atoms in total. The number of nitrogens with one attached hydrogen (secondary N) is 1. The predicted molar refractivity (Wildman–Crippen MR) is 70.3 cm³/mol. The summed E-state index contributed by atoms with van der Waals surface area (Å²) in [7, 11) is 0. The third kappa shape index (κ3) is 2.12. The van der Waals surface area contributed by atoms with Gasteiger partial charge in [0.2, 0.25) is 0 Å². The SMILES string of the molecule is CC(C)c1ccc(NCC2C3COCC23)c(F)c1. The zero-order valence-electron chi connectivity index (χ0n) is 10.9. The van der Waals surface area contributed by atoms with Gasteiger partial charge >= 0.3 is 0 Å². The molecule has 0 amide bonds. The molecule has 3 rings (SSSR count). The lowest BCUT2D eigenvalue weighted by Crippen LogP contribution is -2.11. The van der Waals surface area contributed by atoms with Crippen LogP contribution in [0.5, 0.6) is 0 Å². The molecular formula is C15H20FNO. The van der Waals surface area contributed by atoms with Crippen molar-refractivity contribution < 1.29 is 9.13 Å². The average Bonchev–Trinajstić information content (AvgIpc) is 2.79. The summed E-state index contributed by atoms with van der Waals surface area (Å²) in [4.78, 5) is 0. The van der Waals surface area contributed by atoms with Gasteiger partial charge in [0, 0.05) is 6.54 Å². The molecule has 1 aliphatic heterocycles. The van der Waals surface area contributed by atoms with E-state index in [1.165, 1.54) is 0 Å². The molecule has 2 atom stereocenters. The molecule has 18 heavy (non-hydrogen) atoms. The molecule has 2 aliphatic rings. The first-order valence-corrected chi connectivity index (χ1v) is 6.78. The van der Waals surface area contributed by atoms with Gasteiger partial charge in [0.1, 0.15) is 5.82 Å². The quantitative estimate of drug-likeness (QED) is 0.884. The minimum Gasteiger partial charge on any atom is -0.382 e. The summed E-state index contributed by atoms with van der Waals surface area (Å²) in [5.41, 5.74) is 1.68. The van der Waals surface area contributed by atoms with Crippen LogP contribution in [-0.4, -0.2) is 19.8 Å². The number of hydrogen-bond donors (Lipinski definition) is 1. The maximum absolute atomic E-state index is 13.9. The third-order valence-electron chi connectivity index (χ3n) is 4.32. The van der Waals surface area contributed by atoms with E-state index in [2.05, 4.69) is 19.2 Å². The van der Waals surface area contributed by atoms with Gasteiger partial charge in [-0.3, -0.25) is 0 Å². The van der Waals surface area contributed by atoms with Crippen LogP contribution in [0.4, 0.5) is 10.1 Å². The van der Waals surface area contributed by atoms with Crippen LogP contribution in [0.1, 0.15) is 25.3 Å². The van der Waals surface area contributed by atoms with Crippen LogP contribution in [0, 0.1) is 23.6 Å². The molecule has 2 fully saturated rings. The van der Waals surface area contributed by atoms with E-state index >= 15 is 0 Å². The van der Waals surface area contributed by atoms with Gasteiger partial charge in [-0.05, 0) is 41.4 Å². The first kappa shape index (κ1) is 12.0. The Morgan fingerprint density at radius 3 is 2.67 bits per heavy atom. The minimum absolute atomic E-state index is 0.136. The monoisotopic (exact) mass is 249 g/mol. The first-order valence-electron chi connectivity index (χ1n) is 6.78. The van der Waals surface area contributed by atoms with Crippen molar-refractivity contribution in [3.05, 3.63) is 29.6 Å². The van der Waals surface area contributed by atoms with Crippen LogP contribution in [0.3, 0.4) is 0 Å². The van der Waals surface area contributed by atoms with Gasteiger partial charge in [0.15, 0.2) is 0 Å². The number of fused-ring (bicyclic) bond motifs is 1. The van der Waals surface area contributed by atoms with Crippen molar-refractivity contribution in [2.24, 2.45) is 17.8 Å². The number of hydrogen-bond acceptors (Lipinski definition) is 2. The Balaban J connectivity index is 1.59. The molecule has 0 bridgehead atoms. The van der Waals surface area contributed by atoms with Crippen LogP contribution in [0.25, 0.3) is 0 Å². The van der Waals surface area contributed by atoms with Crippen LogP contribution < -0.4 is 5.32 Å². The second-order valence-corrected chi connectivity index (χ2v) is 5.80.